The summed E-state index contributed by atoms with van der Waals surface area (Å²) < 4.78 is 0. The summed E-state index contributed by atoms with van der Waals surface area (Å²) in [4.78, 5) is 28.2. The molecule has 1 unspecified atom stereocenters. The maximum atomic E-state index is 11.5. The molecule has 0 spiro atoms. The van der Waals surface area contributed by atoms with Gasteiger partial charge in [0.15, 0.2) is 0 Å². The minimum Gasteiger partial charge on any atom is -0.480 e. The smallest absolute Gasteiger partial charge is 0.326 e. The van der Waals surface area contributed by atoms with Crippen molar-refractivity contribution in [3.8, 4) is 0 Å². The van der Waals surface area contributed by atoms with Crippen LogP contribution in [0.25, 0.3) is 21.3 Å². The van der Waals surface area contributed by atoms with Gasteiger partial charge in [0.25, 0.3) is 0 Å². The second kappa shape index (κ2) is 6.44. The van der Waals surface area contributed by atoms with E-state index in [0.29, 0.717) is 0 Å². The molecule has 8 heteroatoms. The van der Waals surface area contributed by atoms with Gasteiger partial charge < -0.3 is 15.4 Å². The maximum absolute atomic E-state index is 11.5. The van der Waals surface area contributed by atoms with E-state index < -0.39 is 24.5 Å². The van der Waals surface area contributed by atoms with E-state index >= 15 is 0 Å². The number of carbonyl (C=O) groups is 2. The van der Waals surface area contributed by atoms with Crippen LogP contribution >= 0.6 is 0 Å². The van der Waals surface area contributed by atoms with Crippen LogP contribution in [0.5, 0.6) is 0 Å². The number of benzene rings is 1. The molecule has 1 aromatic heterocycles. The molecule has 0 bridgehead atoms. The van der Waals surface area contributed by atoms with Gasteiger partial charge >= 0.3 is 5.97 Å². The van der Waals surface area contributed by atoms with Crippen molar-refractivity contribution in [1.29, 1.82) is 0 Å². The topological polar surface area (TPSA) is 131 Å². The van der Waals surface area contributed by atoms with Crippen LogP contribution < -0.4 is 5.32 Å². The fourth-order valence-corrected chi connectivity index (χ4v) is 2.06. The lowest BCUT2D eigenvalue weighted by molar-refractivity contribution is -0.141. The van der Waals surface area contributed by atoms with Gasteiger partial charge in [-0.2, -0.15) is 0 Å². The molecule has 1 amide bonds. The van der Waals surface area contributed by atoms with Crippen LogP contribution in [0.2, 0.25) is 0 Å². The molecule has 108 valence electrons. The molecule has 1 heterocycles. The standard InChI is InChI=1S/C13H13N5O3/c14-18-16-7-12(19)17-11(13(20)21)5-8-6-15-10-4-2-1-3-9(8)10/h1-4,6,11,15H,5,7H2,(H,17,19)(H,20,21). The van der Waals surface area contributed by atoms with E-state index in [1.807, 2.05) is 24.3 Å². The molecule has 0 fully saturated rings. The number of carbonyl (C=O) groups excluding carboxylic acids is 1. The van der Waals surface area contributed by atoms with E-state index in [4.69, 9.17) is 5.53 Å². The number of aromatic nitrogens is 1. The number of H-pyrrole nitrogens is 1. The number of hydrogen-bond acceptors (Lipinski definition) is 3. The first-order chi connectivity index (χ1) is 10.1. The molecule has 0 saturated carbocycles. The molecule has 1 aromatic carbocycles. The van der Waals surface area contributed by atoms with Gasteiger partial charge in [-0.15, -0.1) is 0 Å². The largest absolute Gasteiger partial charge is 0.480 e. The lowest BCUT2D eigenvalue weighted by Crippen LogP contribution is -2.43. The number of nitrogens with zero attached hydrogens (tertiary/aromatic N) is 3. The number of nitrogens with one attached hydrogen (secondary N) is 2. The van der Waals surface area contributed by atoms with E-state index in [1.165, 1.54) is 0 Å². The molecule has 21 heavy (non-hydrogen) atoms. The van der Waals surface area contributed by atoms with Gasteiger partial charge in [0.05, 0.1) is 0 Å². The highest BCUT2D eigenvalue weighted by molar-refractivity contribution is 5.87. The Morgan fingerprint density at radius 3 is 2.90 bits per heavy atom. The van der Waals surface area contributed by atoms with E-state index in [0.717, 1.165) is 16.5 Å². The van der Waals surface area contributed by atoms with E-state index in [-0.39, 0.29) is 6.42 Å². The van der Waals surface area contributed by atoms with Crippen LogP contribution in [-0.2, 0) is 16.0 Å². The molecule has 3 N–H and O–H groups in total. The summed E-state index contributed by atoms with van der Waals surface area (Å²) in [5.74, 6) is -1.77. The SMILES string of the molecule is [N-]=[N+]=NCC(=O)NC(Cc1c[nH]c2ccccc12)C(=O)O. The van der Waals surface area contributed by atoms with Crippen molar-refractivity contribution in [2.24, 2.45) is 5.11 Å². The lowest BCUT2D eigenvalue weighted by atomic mass is 10.1. The van der Waals surface area contributed by atoms with E-state index in [1.54, 1.807) is 6.20 Å². The summed E-state index contributed by atoms with van der Waals surface area (Å²) in [7, 11) is 0. The normalized spacial score (nSPS) is 11.6. The predicted octanol–water partition coefficient (Wildman–Crippen LogP) is 1.59. The summed E-state index contributed by atoms with van der Waals surface area (Å²) >= 11 is 0. The summed E-state index contributed by atoms with van der Waals surface area (Å²) in [5.41, 5.74) is 9.84. The summed E-state index contributed by atoms with van der Waals surface area (Å²) in [6, 6.07) is 6.41. The number of fused-ring (bicyclic) bond motifs is 1. The minimum absolute atomic E-state index is 0.140. The first-order valence-corrected chi connectivity index (χ1v) is 6.20. The number of carboxylic acids is 1. The van der Waals surface area contributed by atoms with Gasteiger partial charge in [-0.3, -0.25) is 4.79 Å². The minimum atomic E-state index is -1.14. The number of amides is 1. The highest BCUT2D eigenvalue weighted by atomic mass is 16.4. The van der Waals surface area contributed by atoms with Gasteiger partial charge in [-0.05, 0) is 17.2 Å². The molecular formula is C13H13N5O3. The molecule has 0 aliphatic carbocycles. The van der Waals surface area contributed by atoms with Crippen molar-refractivity contribution in [2.75, 3.05) is 6.54 Å². The van der Waals surface area contributed by atoms with Crippen molar-refractivity contribution in [2.45, 2.75) is 12.5 Å². The van der Waals surface area contributed by atoms with Gasteiger partial charge in [-0.25, -0.2) is 4.79 Å². The lowest BCUT2D eigenvalue weighted by Gasteiger charge is -2.13. The second-order valence-corrected chi connectivity index (χ2v) is 4.41. The number of azide groups is 1. The molecule has 2 aromatic rings. The van der Waals surface area contributed by atoms with Crippen LogP contribution in [0, 0.1) is 0 Å². The predicted molar refractivity (Wildman–Crippen MR) is 75.6 cm³/mol. The van der Waals surface area contributed by atoms with Crippen LogP contribution in [0.3, 0.4) is 0 Å². The van der Waals surface area contributed by atoms with Gasteiger partial charge in [-0.1, -0.05) is 23.3 Å². The molecule has 2 rings (SSSR count). The zero-order valence-corrected chi connectivity index (χ0v) is 11.0. The number of para-hydroxylation sites is 1. The van der Waals surface area contributed by atoms with E-state index in [2.05, 4.69) is 20.3 Å². The molecule has 0 saturated heterocycles. The molecular weight excluding hydrogens is 274 g/mol. The Morgan fingerprint density at radius 2 is 2.19 bits per heavy atom. The number of aliphatic carboxylic acids is 1. The summed E-state index contributed by atoms with van der Waals surface area (Å²) in [5, 5.41) is 15.5. The number of carboxylic acid groups (broad SMARTS) is 1. The Balaban J connectivity index is 2.14. The molecule has 0 aliphatic heterocycles. The zero-order valence-electron chi connectivity index (χ0n) is 11.0. The average molecular weight is 287 g/mol. The highest BCUT2D eigenvalue weighted by Crippen LogP contribution is 2.19. The summed E-state index contributed by atoms with van der Waals surface area (Å²) in [6.07, 6.45) is 1.86. The monoisotopic (exact) mass is 287 g/mol. The fraction of sp³-hybridized carbons (Fsp3) is 0.231. The van der Waals surface area contributed by atoms with Crippen LogP contribution in [0.15, 0.2) is 35.6 Å². The first kappa shape index (κ1) is 14.4. The Morgan fingerprint density at radius 1 is 1.43 bits per heavy atom. The van der Waals surface area contributed by atoms with Crippen LogP contribution in [-0.4, -0.2) is 34.6 Å². The van der Waals surface area contributed by atoms with Crippen molar-refractivity contribution in [1.82, 2.24) is 10.3 Å². The Kier molecular flexibility index (Phi) is 4.43. The van der Waals surface area contributed by atoms with Crippen LogP contribution in [0.4, 0.5) is 0 Å². The van der Waals surface area contributed by atoms with Crippen molar-refractivity contribution >= 4 is 22.8 Å². The second-order valence-electron chi connectivity index (χ2n) is 4.41. The first-order valence-electron chi connectivity index (χ1n) is 6.20. The number of hydrogen-bond donors (Lipinski definition) is 3. The quantitative estimate of drug-likeness (QED) is 0.423. The van der Waals surface area contributed by atoms with Crippen LogP contribution in [0.1, 0.15) is 5.56 Å². The highest BCUT2D eigenvalue weighted by Gasteiger charge is 2.21. The van der Waals surface area contributed by atoms with Gasteiger partial charge in [0.2, 0.25) is 5.91 Å². The Hall–Kier alpha value is -2.99. The Labute approximate surface area is 119 Å². The third-order valence-electron chi connectivity index (χ3n) is 3.01. The number of rotatable bonds is 6. The zero-order chi connectivity index (χ0) is 15.2. The summed E-state index contributed by atoms with van der Waals surface area (Å²) in [6.45, 7) is -0.422. The van der Waals surface area contributed by atoms with Crippen molar-refractivity contribution in [3.05, 3.63) is 46.5 Å². The van der Waals surface area contributed by atoms with Gasteiger partial charge in [0, 0.05) is 28.4 Å². The molecule has 0 aliphatic rings. The van der Waals surface area contributed by atoms with Crippen molar-refractivity contribution < 1.29 is 14.7 Å². The maximum Gasteiger partial charge on any atom is 0.326 e. The Bertz CT molecular complexity index is 717. The van der Waals surface area contributed by atoms with Crippen molar-refractivity contribution in [3.63, 3.8) is 0 Å². The number of aromatic amines is 1. The third kappa shape index (κ3) is 3.52. The fourth-order valence-electron chi connectivity index (χ4n) is 2.06. The van der Waals surface area contributed by atoms with E-state index in [9.17, 15) is 14.7 Å². The molecule has 1 atom stereocenters. The molecule has 8 nitrogen and oxygen atoms in total. The molecule has 0 radical (unpaired) electrons. The average Bonchev–Trinajstić information content (AvgIpc) is 2.87. The third-order valence-corrected chi connectivity index (χ3v) is 3.01. The van der Waals surface area contributed by atoms with Gasteiger partial charge in [0.1, 0.15) is 12.6 Å².